The smallest absolute Gasteiger partial charge is 0.151 e. The summed E-state index contributed by atoms with van der Waals surface area (Å²) in [7, 11) is 2.12. The first-order valence-electron chi connectivity index (χ1n) is 11.0. The van der Waals surface area contributed by atoms with Gasteiger partial charge in [-0.2, -0.15) is 5.26 Å². The van der Waals surface area contributed by atoms with Crippen molar-refractivity contribution in [3.05, 3.63) is 35.1 Å². The SMILES string of the molecule is CN1CCC(C)(c2ccc(C[C@@H](C#N)CC(=O)[C@H]3N[C@@H]4CC[C@H]3C4)c(F)c2)CC1. The number of hydrogen-bond acceptors (Lipinski definition) is 4. The fraction of sp³-hybridized carbons (Fsp3) is 0.667. The fourth-order valence-corrected chi connectivity index (χ4v) is 5.50. The zero-order valence-electron chi connectivity index (χ0n) is 17.6. The number of hydrogen-bond donors (Lipinski definition) is 1. The molecule has 1 aliphatic carbocycles. The number of Topliss-reactive ketones (excluding diaryl/α,β-unsaturated/α-hetero) is 1. The lowest BCUT2D eigenvalue weighted by atomic mass is 9.74. The molecule has 2 aliphatic heterocycles. The Labute approximate surface area is 173 Å². The van der Waals surface area contributed by atoms with Gasteiger partial charge in [0.05, 0.1) is 18.0 Å². The Morgan fingerprint density at radius 2 is 2.14 bits per heavy atom. The van der Waals surface area contributed by atoms with E-state index in [1.54, 1.807) is 6.07 Å². The predicted molar refractivity (Wildman–Crippen MR) is 111 cm³/mol. The van der Waals surface area contributed by atoms with E-state index in [4.69, 9.17) is 0 Å². The quantitative estimate of drug-likeness (QED) is 0.797. The lowest BCUT2D eigenvalue weighted by molar-refractivity contribution is -0.122. The van der Waals surface area contributed by atoms with Crippen LogP contribution in [-0.2, 0) is 16.6 Å². The zero-order valence-corrected chi connectivity index (χ0v) is 17.6. The number of likely N-dealkylation sites (tertiary alicyclic amines) is 1. The number of nitriles is 1. The summed E-state index contributed by atoms with van der Waals surface area (Å²) >= 11 is 0. The Kier molecular flexibility index (Phi) is 5.77. The topological polar surface area (TPSA) is 56.1 Å². The molecular weight excluding hydrogens is 365 g/mol. The van der Waals surface area contributed by atoms with Gasteiger partial charge in [-0.3, -0.25) is 4.79 Å². The van der Waals surface area contributed by atoms with Gasteiger partial charge < -0.3 is 10.2 Å². The lowest BCUT2D eigenvalue weighted by Crippen LogP contribution is -2.42. The molecule has 3 fully saturated rings. The molecule has 2 heterocycles. The Morgan fingerprint density at radius 1 is 1.38 bits per heavy atom. The van der Waals surface area contributed by atoms with Crippen molar-refractivity contribution in [2.24, 2.45) is 11.8 Å². The number of carbonyl (C=O) groups is 1. The molecule has 1 N–H and O–H groups in total. The van der Waals surface area contributed by atoms with Crippen LogP contribution < -0.4 is 5.32 Å². The van der Waals surface area contributed by atoms with Crippen molar-refractivity contribution >= 4 is 5.78 Å². The molecule has 156 valence electrons. The highest BCUT2D eigenvalue weighted by Crippen LogP contribution is 2.37. The molecule has 4 nitrogen and oxygen atoms in total. The summed E-state index contributed by atoms with van der Waals surface area (Å²) in [5.74, 6) is -0.158. The second kappa shape index (κ2) is 8.16. The fourth-order valence-electron chi connectivity index (χ4n) is 5.50. The van der Waals surface area contributed by atoms with Gasteiger partial charge in [-0.15, -0.1) is 0 Å². The first-order valence-corrected chi connectivity index (χ1v) is 11.0. The lowest BCUT2D eigenvalue weighted by Gasteiger charge is -2.38. The number of piperidine rings is 2. The van der Waals surface area contributed by atoms with Crippen LogP contribution in [0.25, 0.3) is 0 Å². The Morgan fingerprint density at radius 3 is 2.72 bits per heavy atom. The molecule has 0 spiro atoms. The highest BCUT2D eigenvalue weighted by Gasteiger charge is 2.42. The van der Waals surface area contributed by atoms with Crippen LogP contribution in [0.1, 0.15) is 56.6 Å². The largest absolute Gasteiger partial charge is 0.306 e. The number of carbonyl (C=O) groups excluding carboxylic acids is 1. The van der Waals surface area contributed by atoms with E-state index < -0.39 is 5.92 Å². The summed E-state index contributed by atoms with van der Waals surface area (Å²) in [6.07, 6.45) is 5.90. The summed E-state index contributed by atoms with van der Waals surface area (Å²) < 4.78 is 14.9. The standard InChI is InChI=1S/C24H32FN3O/c1-24(7-9-28(2)10-8-24)19-5-3-17(21(25)14-19)11-16(15-26)12-22(29)23-18-4-6-20(13-18)27-23/h3,5,14,16,18,20,23,27H,4,6-13H2,1-2H3/t16-,18+,20-,23+/m1/s1. The van der Waals surface area contributed by atoms with Gasteiger partial charge in [0.25, 0.3) is 0 Å². The molecule has 2 saturated heterocycles. The second-order valence-corrected chi connectivity index (χ2v) is 9.79. The minimum Gasteiger partial charge on any atom is -0.306 e. The molecule has 2 bridgehead atoms. The highest BCUT2D eigenvalue weighted by molar-refractivity contribution is 5.85. The van der Waals surface area contributed by atoms with Crippen LogP contribution in [0.2, 0.25) is 0 Å². The molecule has 1 aromatic rings. The minimum absolute atomic E-state index is 0.00390. The maximum atomic E-state index is 14.9. The highest BCUT2D eigenvalue weighted by atomic mass is 19.1. The van der Waals surface area contributed by atoms with E-state index in [2.05, 4.69) is 30.3 Å². The second-order valence-electron chi connectivity index (χ2n) is 9.79. The zero-order chi connectivity index (χ0) is 20.6. The van der Waals surface area contributed by atoms with Crippen LogP contribution in [0, 0.1) is 29.0 Å². The van der Waals surface area contributed by atoms with Crippen molar-refractivity contribution in [3.63, 3.8) is 0 Å². The number of rotatable bonds is 6. The predicted octanol–water partition coefficient (Wildman–Crippen LogP) is 3.59. The number of halogens is 1. The van der Waals surface area contributed by atoms with Gasteiger partial charge in [0, 0.05) is 12.5 Å². The monoisotopic (exact) mass is 397 g/mol. The number of ketones is 1. The van der Waals surface area contributed by atoms with Crippen molar-refractivity contribution < 1.29 is 9.18 Å². The van der Waals surface area contributed by atoms with E-state index >= 15 is 0 Å². The van der Waals surface area contributed by atoms with Crippen LogP contribution in [0.5, 0.6) is 0 Å². The molecule has 0 aromatic heterocycles. The Bertz CT molecular complexity index is 809. The average molecular weight is 398 g/mol. The third kappa shape index (κ3) is 4.25. The molecule has 29 heavy (non-hydrogen) atoms. The van der Waals surface area contributed by atoms with Gasteiger partial charge in [0.15, 0.2) is 5.78 Å². The summed E-state index contributed by atoms with van der Waals surface area (Å²) in [4.78, 5) is 15.0. The van der Waals surface area contributed by atoms with Gasteiger partial charge in [0.2, 0.25) is 0 Å². The molecule has 4 atom stereocenters. The molecule has 5 heteroatoms. The molecule has 1 aromatic carbocycles. The summed E-state index contributed by atoms with van der Waals surface area (Å²) in [6.45, 7) is 4.26. The van der Waals surface area contributed by atoms with Crippen LogP contribution >= 0.6 is 0 Å². The molecule has 0 radical (unpaired) electrons. The van der Waals surface area contributed by atoms with Crippen molar-refractivity contribution in [1.29, 1.82) is 5.26 Å². The number of nitrogens with one attached hydrogen (secondary N) is 1. The minimum atomic E-state index is -0.470. The molecule has 0 amide bonds. The molecule has 0 unspecified atom stereocenters. The maximum Gasteiger partial charge on any atom is 0.151 e. The third-order valence-corrected chi connectivity index (χ3v) is 7.64. The van der Waals surface area contributed by atoms with Gasteiger partial charge in [-0.25, -0.2) is 4.39 Å². The van der Waals surface area contributed by atoms with Crippen LogP contribution in [0.4, 0.5) is 4.39 Å². The summed E-state index contributed by atoms with van der Waals surface area (Å²) in [5.41, 5.74) is 1.59. The molecular formula is C24H32FN3O. The van der Waals surface area contributed by atoms with E-state index in [9.17, 15) is 14.4 Å². The van der Waals surface area contributed by atoms with E-state index in [1.165, 1.54) is 0 Å². The molecule has 1 saturated carbocycles. The maximum absolute atomic E-state index is 14.9. The van der Waals surface area contributed by atoms with E-state index in [-0.39, 0.29) is 29.5 Å². The van der Waals surface area contributed by atoms with Gasteiger partial charge >= 0.3 is 0 Å². The normalized spacial score (nSPS) is 29.5. The Balaban J connectivity index is 1.40. The summed E-state index contributed by atoms with van der Waals surface area (Å²) in [5, 5.41) is 13.0. The van der Waals surface area contributed by atoms with Crippen LogP contribution in [0.15, 0.2) is 18.2 Å². The third-order valence-electron chi connectivity index (χ3n) is 7.64. The Hall–Kier alpha value is -1.77. The van der Waals surface area contributed by atoms with Gasteiger partial charge in [-0.1, -0.05) is 19.1 Å². The van der Waals surface area contributed by atoms with Crippen LogP contribution in [-0.4, -0.2) is 42.9 Å². The first kappa shape index (κ1) is 20.5. The van der Waals surface area contributed by atoms with E-state index in [1.807, 2.05) is 12.1 Å². The molecule has 4 rings (SSSR count). The van der Waals surface area contributed by atoms with E-state index in [0.717, 1.165) is 50.8 Å². The van der Waals surface area contributed by atoms with Gasteiger partial charge in [0.1, 0.15) is 5.82 Å². The van der Waals surface area contributed by atoms with Gasteiger partial charge in [-0.05, 0) is 87.2 Å². The molecule has 3 aliphatic rings. The van der Waals surface area contributed by atoms with Crippen molar-refractivity contribution in [2.45, 2.75) is 69.4 Å². The number of nitrogens with zero attached hydrogens (tertiary/aromatic N) is 2. The number of fused-ring (bicyclic) bond motifs is 2. The number of benzene rings is 1. The first-order chi connectivity index (χ1) is 13.9. The van der Waals surface area contributed by atoms with Crippen LogP contribution in [0.3, 0.4) is 0 Å². The van der Waals surface area contributed by atoms with Crippen molar-refractivity contribution in [3.8, 4) is 6.07 Å². The average Bonchev–Trinajstić information content (AvgIpc) is 3.34. The summed E-state index contributed by atoms with van der Waals surface area (Å²) in [6, 6.07) is 8.14. The van der Waals surface area contributed by atoms with Crippen molar-refractivity contribution in [1.82, 2.24) is 10.2 Å². The van der Waals surface area contributed by atoms with Crippen molar-refractivity contribution in [2.75, 3.05) is 20.1 Å². The van der Waals surface area contributed by atoms with E-state index in [0.29, 0.717) is 23.9 Å².